The summed E-state index contributed by atoms with van der Waals surface area (Å²) in [6.07, 6.45) is 4.34. The summed E-state index contributed by atoms with van der Waals surface area (Å²) in [5.41, 5.74) is 0.603. The molecule has 114 valence electrons. The lowest BCUT2D eigenvalue weighted by Crippen LogP contribution is -2.47. The van der Waals surface area contributed by atoms with E-state index in [1.807, 2.05) is 0 Å². The summed E-state index contributed by atoms with van der Waals surface area (Å²) < 4.78 is 26.2. The third-order valence-corrected chi connectivity index (χ3v) is 4.94. The van der Waals surface area contributed by atoms with Gasteiger partial charge in [-0.25, -0.2) is 8.78 Å². The van der Waals surface area contributed by atoms with Crippen LogP contribution in [-0.4, -0.2) is 37.0 Å². The van der Waals surface area contributed by atoms with E-state index in [2.05, 4.69) is 5.32 Å². The minimum Gasteiger partial charge on any atom is -0.339 e. The highest BCUT2D eigenvalue weighted by atomic mass is 19.2. The number of nitrogens with one attached hydrogen (secondary N) is 1. The summed E-state index contributed by atoms with van der Waals surface area (Å²) >= 11 is 0. The van der Waals surface area contributed by atoms with Gasteiger partial charge in [-0.1, -0.05) is 0 Å². The van der Waals surface area contributed by atoms with Crippen molar-refractivity contribution >= 4 is 5.91 Å². The first-order valence-electron chi connectivity index (χ1n) is 7.55. The third-order valence-electron chi connectivity index (χ3n) is 4.94. The Balaban J connectivity index is 1.65. The van der Waals surface area contributed by atoms with Crippen LogP contribution in [0.2, 0.25) is 0 Å². The van der Waals surface area contributed by atoms with Gasteiger partial charge in [0, 0.05) is 18.7 Å². The molecule has 1 N–H and O–H groups in total. The van der Waals surface area contributed by atoms with Crippen molar-refractivity contribution in [3.8, 4) is 0 Å². The second-order valence-corrected chi connectivity index (χ2v) is 6.17. The van der Waals surface area contributed by atoms with Crippen LogP contribution in [0.4, 0.5) is 8.78 Å². The van der Waals surface area contributed by atoms with Gasteiger partial charge in [-0.05, 0) is 62.4 Å². The zero-order valence-electron chi connectivity index (χ0n) is 12.0. The number of amides is 1. The summed E-state index contributed by atoms with van der Waals surface area (Å²) in [5.74, 6) is -2.08. The molecule has 5 heteroatoms. The molecule has 2 fully saturated rings. The Morgan fingerprint density at radius 3 is 2.33 bits per heavy atom. The maximum absolute atomic E-state index is 13.2. The number of carbonyl (C=O) groups is 1. The first kappa shape index (κ1) is 14.4. The van der Waals surface area contributed by atoms with Gasteiger partial charge in [0.2, 0.25) is 0 Å². The topological polar surface area (TPSA) is 32.3 Å². The van der Waals surface area contributed by atoms with Crippen LogP contribution in [-0.2, 0) is 0 Å². The molecule has 0 unspecified atom stereocenters. The van der Waals surface area contributed by atoms with E-state index in [4.69, 9.17) is 0 Å². The highest BCUT2D eigenvalue weighted by Gasteiger charge is 2.36. The summed E-state index contributed by atoms with van der Waals surface area (Å²) in [5, 5.41) is 3.37. The van der Waals surface area contributed by atoms with Gasteiger partial charge in [0.1, 0.15) is 0 Å². The van der Waals surface area contributed by atoms with E-state index in [9.17, 15) is 13.6 Å². The van der Waals surface area contributed by atoms with Gasteiger partial charge >= 0.3 is 0 Å². The molecule has 0 atom stereocenters. The van der Waals surface area contributed by atoms with Crippen molar-refractivity contribution < 1.29 is 13.6 Å². The predicted octanol–water partition coefficient (Wildman–Crippen LogP) is 2.57. The normalized spacial score (nSPS) is 21.5. The van der Waals surface area contributed by atoms with Crippen LogP contribution in [0.25, 0.3) is 0 Å². The third kappa shape index (κ3) is 2.93. The molecule has 1 aromatic rings. The van der Waals surface area contributed by atoms with E-state index in [0.29, 0.717) is 18.5 Å². The molecule has 0 aliphatic carbocycles. The number of hydrogen-bond acceptors (Lipinski definition) is 2. The predicted molar refractivity (Wildman–Crippen MR) is 76.0 cm³/mol. The highest BCUT2D eigenvalue weighted by molar-refractivity contribution is 5.94. The molecule has 2 aliphatic heterocycles. The fourth-order valence-electron chi connectivity index (χ4n) is 3.45. The van der Waals surface area contributed by atoms with E-state index in [1.165, 1.54) is 18.9 Å². The molecule has 0 aromatic heterocycles. The first-order valence-corrected chi connectivity index (χ1v) is 7.55. The van der Waals surface area contributed by atoms with Gasteiger partial charge in [-0.15, -0.1) is 0 Å². The number of carbonyl (C=O) groups excluding carboxylic acids is 1. The van der Waals surface area contributed by atoms with E-state index >= 15 is 0 Å². The van der Waals surface area contributed by atoms with Gasteiger partial charge in [0.15, 0.2) is 11.6 Å². The zero-order valence-corrected chi connectivity index (χ0v) is 12.0. The molecule has 0 radical (unpaired) electrons. The molecule has 3 rings (SSSR count). The number of halogens is 2. The van der Waals surface area contributed by atoms with Crippen molar-refractivity contribution in [2.24, 2.45) is 5.41 Å². The van der Waals surface area contributed by atoms with Gasteiger partial charge in [-0.3, -0.25) is 4.79 Å². The maximum Gasteiger partial charge on any atom is 0.253 e. The number of rotatable bonds is 1. The molecule has 21 heavy (non-hydrogen) atoms. The van der Waals surface area contributed by atoms with E-state index in [-0.39, 0.29) is 11.5 Å². The number of piperidine rings is 2. The standard InChI is InChI=1S/C16H20F2N2O/c17-13-2-1-12(11-14(13)18)15(21)20-9-5-16(6-10-20)3-7-19-8-4-16/h1-2,11,19H,3-10H2. The van der Waals surface area contributed by atoms with E-state index in [0.717, 1.165) is 38.1 Å². The Morgan fingerprint density at radius 2 is 1.71 bits per heavy atom. The molecule has 2 heterocycles. The van der Waals surface area contributed by atoms with Crippen LogP contribution >= 0.6 is 0 Å². The van der Waals surface area contributed by atoms with Crippen LogP contribution in [0.15, 0.2) is 18.2 Å². The molecule has 1 spiro atoms. The monoisotopic (exact) mass is 294 g/mol. The summed E-state index contributed by atoms with van der Waals surface area (Å²) in [6.45, 7) is 3.52. The second kappa shape index (κ2) is 5.72. The Kier molecular flexibility index (Phi) is 3.93. The first-order chi connectivity index (χ1) is 10.1. The smallest absolute Gasteiger partial charge is 0.253 e. The minimum atomic E-state index is -0.965. The molecule has 1 aromatic carbocycles. The molecule has 2 aliphatic rings. The highest BCUT2D eigenvalue weighted by Crippen LogP contribution is 2.39. The molecular formula is C16H20F2N2O. The van der Waals surface area contributed by atoms with Crippen molar-refractivity contribution in [2.45, 2.75) is 25.7 Å². The number of benzene rings is 1. The average molecular weight is 294 g/mol. The summed E-state index contributed by atoms with van der Waals surface area (Å²) in [6, 6.07) is 3.36. The van der Waals surface area contributed by atoms with Crippen LogP contribution in [0, 0.1) is 17.0 Å². The molecule has 2 saturated heterocycles. The van der Waals surface area contributed by atoms with Gasteiger partial charge in [-0.2, -0.15) is 0 Å². The van der Waals surface area contributed by atoms with E-state index < -0.39 is 11.6 Å². The van der Waals surface area contributed by atoms with E-state index in [1.54, 1.807) is 4.90 Å². The molecule has 1 amide bonds. The SMILES string of the molecule is O=C(c1ccc(F)c(F)c1)N1CCC2(CCNCC2)CC1. The van der Waals surface area contributed by atoms with Crippen molar-refractivity contribution in [3.05, 3.63) is 35.4 Å². The van der Waals surface area contributed by atoms with Crippen LogP contribution in [0.3, 0.4) is 0 Å². The average Bonchev–Trinajstić information content (AvgIpc) is 2.51. The Morgan fingerprint density at radius 1 is 1.05 bits per heavy atom. The zero-order chi connectivity index (χ0) is 14.9. The quantitative estimate of drug-likeness (QED) is 0.863. The van der Waals surface area contributed by atoms with Crippen LogP contribution in [0.1, 0.15) is 36.0 Å². The van der Waals surface area contributed by atoms with Gasteiger partial charge in [0.25, 0.3) is 5.91 Å². The maximum atomic E-state index is 13.2. The lowest BCUT2D eigenvalue weighted by atomic mass is 9.71. The fraction of sp³-hybridized carbons (Fsp3) is 0.562. The Labute approximate surface area is 123 Å². The van der Waals surface area contributed by atoms with Gasteiger partial charge in [0.05, 0.1) is 0 Å². The molecule has 0 bridgehead atoms. The number of nitrogens with zero attached hydrogens (tertiary/aromatic N) is 1. The Hall–Kier alpha value is -1.49. The van der Waals surface area contributed by atoms with Crippen molar-refractivity contribution in [1.82, 2.24) is 10.2 Å². The molecule has 0 saturated carbocycles. The van der Waals surface area contributed by atoms with Crippen LogP contribution in [0.5, 0.6) is 0 Å². The largest absolute Gasteiger partial charge is 0.339 e. The lowest BCUT2D eigenvalue weighted by molar-refractivity contribution is 0.0495. The lowest BCUT2D eigenvalue weighted by Gasteiger charge is -2.44. The van der Waals surface area contributed by atoms with Crippen LogP contribution < -0.4 is 5.32 Å². The van der Waals surface area contributed by atoms with Gasteiger partial charge < -0.3 is 10.2 Å². The minimum absolute atomic E-state index is 0.197. The fourth-order valence-corrected chi connectivity index (χ4v) is 3.45. The number of hydrogen-bond donors (Lipinski definition) is 1. The summed E-state index contributed by atoms with van der Waals surface area (Å²) in [7, 11) is 0. The van der Waals surface area contributed by atoms with Crippen molar-refractivity contribution in [2.75, 3.05) is 26.2 Å². The molecule has 3 nitrogen and oxygen atoms in total. The number of likely N-dealkylation sites (tertiary alicyclic amines) is 1. The Bertz CT molecular complexity index is 531. The summed E-state index contributed by atoms with van der Waals surface area (Å²) in [4.78, 5) is 14.1. The molecular weight excluding hydrogens is 274 g/mol. The van der Waals surface area contributed by atoms with Crippen molar-refractivity contribution in [3.63, 3.8) is 0 Å². The second-order valence-electron chi connectivity index (χ2n) is 6.17. The van der Waals surface area contributed by atoms with Crippen molar-refractivity contribution in [1.29, 1.82) is 0 Å².